The summed E-state index contributed by atoms with van der Waals surface area (Å²) in [6.07, 6.45) is 2.45. The quantitative estimate of drug-likeness (QED) is 0.821. The molecule has 4 heteroatoms. The number of aryl methyl sites for hydroxylation is 1. The molecule has 2 aliphatic rings. The van der Waals surface area contributed by atoms with Crippen molar-refractivity contribution in [2.75, 3.05) is 19.6 Å². The maximum Gasteiger partial charge on any atom is 0.254 e. The number of likely N-dealkylation sites (tertiary alicyclic amines) is 1. The Morgan fingerprint density at radius 2 is 1.52 bits per heavy atom. The van der Waals surface area contributed by atoms with E-state index in [1.54, 1.807) is 0 Å². The maximum absolute atomic E-state index is 13.0. The van der Waals surface area contributed by atoms with Gasteiger partial charge in [-0.2, -0.15) is 0 Å². The largest absolute Gasteiger partial charge is 0.339 e. The van der Waals surface area contributed by atoms with E-state index in [0.29, 0.717) is 13.1 Å². The number of carbonyl (C=O) groups excluding carboxylic acids is 2. The highest BCUT2D eigenvalue weighted by Crippen LogP contribution is 2.25. The first-order valence-electron chi connectivity index (χ1n) is 9.84. The monoisotopic (exact) mass is 362 g/mol. The predicted octanol–water partition coefficient (Wildman–Crippen LogP) is 3.43. The summed E-state index contributed by atoms with van der Waals surface area (Å²) in [6.45, 7) is 4.81. The minimum atomic E-state index is 0.0381. The van der Waals surface area contributed by atoms with E-state index in [0.717, 1.165) is 43.5 Å². The summed E-state index contributed by atoms with van der Waals surface area (Å²) in [4.78, 5) is 29.7. The van der Waals surface area contributed by atoms with Gasteiger partial charge in [-0.1, -0.05) is 42.5 Å². The zero-order valence-corrected chi connectivity index (χ0v) is 15.9. The highest BCUT2D eigenvalue weighted by Gasteiger charge is 2.32. The lowest BCUT2D eigenvalue weighted by Crippen LogP contribution is -2.45. The molecular formula is C23H26N2O2. The fourth-order valence-electron chi connectivity index (χ4n) is 4.25. The lowest BCUT2D eigenvalue weighted by atomic mass is 9.92. The van der Waals surface area contributed by atoms with Crippen LogP contribution in [0.1, 0.15) is 39.9 Å². The van der Waals surface area contributed by atoms with E-state index in [4.69, 9.17) is 0 Å². The van der Waals surface area contributed by atoms with Gasteiger partial charge in [-0.15, -0.1) is 0 Å². The van der Waals surface area contributed by atoms with Crippen molar-refractivity contribution in [3.8, 4) is 0 Å². The standard InChI is InChI=1S/C23H26N2O2/c1-17-6-2-5-9-21(17)23(27)24-13-11-19(12-14-24)22(26)25-15-10-18-7-3-4-8-20(18)16-25/h2-9,19H,10-16H2,1H3. The van der Waals surface area contributed by atoms with Crippen molar-refractivity contribution in [1.29, 1.82) is 0 Å². The molecule has 0 atom stereocenters. The van der Waals surface area contributed by atoms with Gasteiger partial charge in [0.05, 0.1) is 0 Å². The summed E-state index contributed by atoms with van der Waals surface area (Å²) in [5.41, 5.74) is 4.41. The number of nitrogens with zero attached hydrogens (tertiary/aromatic N) is 2. The molecule has 27 heavy (non-hydrogen) atoms. The van der Waals surface area contributed by atoms with Gasteiger partial charge in [0.1, 0.15) is 0 Å². The molecule has 0 radical (unpaired) electrons. The Kier molecular flexibility index (Phi) is 4.97. The smallest absolute Gasteiger partial charge is 0.254 e. The average Bonchev–Trinajstić information content (AvgIpc) is 2.73. The number of piperidine rings is 1. The van der Waals surface area contributed by atoms with Gasteiger partial charge in [0.25, 0.3) is 5.91 Å². The van der Waals surface area contributed by atoms with E-state index in [2.05, 4.69) is 18.2 Å². The summed E-state index contributed by atoms with van der Waals surface area (Å²) in [7, 11) is 0. The first-order chi connectivity index (χ1) is 13.1. The van der Waals surface area contributed by atoms with Gasteiger partial charge in [0, 0.05) is 37.7 Å². The lowest BCUT2D eigenvalue weighted by molar-refractivity contribution is -0.137. The first-order valence-corrected chi connectivity index (χ1v) is 9.84. The van der Waals surface area contributed by atoms with Crippen molar-refractivity contribution in [3.63, 3.8) is 0 Å². The van der Waals surface area contributed by atoms with Crippen molar-refractivity contribution in [2.24, 2.45) is 5.92 Å². The van der Waals surface area contributed by atoms with Crippen LogP contribution in [0.4, 0.5) is 0 Å². The van der Waals surface area contributed by atoms with E-state index >= 15 is 0 Å². The van der Waals surface area contributed by atoms with Crippen LogP contribution in [0.2, 0.25) is 0 Å². The Bertz CT molecular complexity index is 853. The van der Waals surface area contributed by atoms with Crippen molar-refractivity contribution in [3.05, 3.63) is 70.8 Å². The third-order valence-electron chi connectivity index (χ3n) is 5.95. The number of hydrogen-bond donors (Lipinski definition) is 0. The topological polar surface area (TPSA) is 40.6 Å². The number of benzene rings is 2. The molecular weight excluding hydrogens is 336 g/mol. The normalized spacial score (nSPS) is 17.5. The Balaban J connectivity index is 1.36. The van der Waals surface area contributed by atoms with Crippen molar-refractivity contribution < 1.29 is 9.59 Å². The molecule has 0 aromatic heterocycles. The van der Waals surface area contributed by atoms with Crippen LogP contribution in [0.15, 0.2) is 48.5 Å². The molecule has 1 fully saturated rings. The Morgan fingerprint density at radius 1 is 0.852 bits per heavy atom. The fraction of sp³-hybridized carbons (Fsp3) is 0.391. The molecule has 2 heterocycles. The fourth-order valence-corrected chi connectivity index (χ4v) is 4.25. The zero-order chi connectivity index (χ0) is 18.8. The van der Waals surface area contributed by atoms with E-state index in [1.807, 2.05) is 47.1 Å². The number of rotatable bonds is 2. The summed E-state index contributed by atoms with van der Waals surface area (Å²) in [5.74, 6) is 0.384. The first kappa shape index (κ1) is 17.8. The van der Waals surface area contributed by atoms with Crippen LogP contribution >= 0.6 is 0 Å². The van der Waals surface area contributed by atoms with Crippen LogP contribution in [0, 0.1) is 12.8 Å². The zero-order valence-electron chi connectivity index (χ0n) is 15.9. The number of amides is 2. The van der Waals surface area contributed by atoms with Crippen LogP contribution in [-0.2, 0) is 17.8 Å². The molecule has 1 saturated heterocycles. The molecule has 0 spiro atoms. The molecule has 2 aromatic rings. The molecule has 0 bridgehead atoms. The number of hydrogen-bond acceptors (Lipinski definition) is 2. The average molecular weight is 362 g/mol. The van der Waals surface area contributed by atoms with E-state index in [-0.39, 0.29) is 17.7 Å². The molecule has 0 unspecified atom stereocenters. The van der Waals surface area contributed by atoms with Gasteiger partial charge in [-0.3, -0.25) is 9.59 Å². The van der Waals surface area contributed by atoms with Crippen LogP contribution < -0.4 is 0 Å². The van der Waals surface area contributed by atoms with Crippen molar-refractivity contribution in [2.45, 2.75) is 32.7 Å². The van der Waals surface area contributed by atoms with E-state index in [1.165, 1.54) is 11.1 Å². The minimum Gasteiger partial charge on any atom is -0.339 e. The van der Waals surface area contributed by atoms with E-state index in [9.17, 15) is 9.59 Å². The highest BCUT2D eigenvalue weighted by molar-refractivity contribution is 5.95. The summed E-state index contributed by atoms with van der Waals surface area (Å²) in [5, 5.41) is 0. The molecule has 2 aromatic carbocycles. The van der Waals surface area contributed by atoms with Gasteiger partial charge < -0.3 is 9.80 Å². The summed E-state index contributed by atoms with van der Waals surface area (Å²) >= 11 is 0. The molecule has 2 aliphatic heterocycles. The van der Waals surface area contributed by atoms with Gasteiger partial charge in [-0.05, 0) is 48.9 Å². The van der Waals surface area contributed by atoms with Gasteiger partial charge in [0.2, 0.25) is 5.91 Å². The van der Waals surface area contributed by atoms with E-state index < -0.39 is 0 Å². The molecule has 0 saturated carbocycles. The summed E-state index contributed by atoms with van der Waals surface area (Å²) in [6, 6.07) is 16.1. The SMILES string of the molecule is Cc1ccccc1C(=O)N1CCC(C(=O)N2CCc3ccccc3C2)CC1. The minimum absolute atomic E-state index is 0.0381. The molecule has 140 valence electrons. The van der Waals surface area contributed by atoms with Crippen LogP contribution in [0.5, 0.6) is 0 Å². The molecule has 4 rings (SSSR count). The molecule has 0 aliphatic carbocycles. The van der Waals surface area contributed by atoms with Crippen LogP contribution in [0.3, 0.4) is 0 Å². The van der Waals surface area contributed by atoms with Crippen LogP contribution in [-0.4, -0.2) is 41.2 Å². The molecule has 2 amide bonds. The molecule has 4 nitrogen and oxygen atoms in total. The third kappa shape index (κ3) is 3.61. The number of fused-ring (bicyclic) bond motifs is 1. The Morgan fingerprint density at radius 3 is 2.26 bits per heavy atom. The summed E-state index contributed by atoms with van der Waals surface area (Å²) < 4.78 is 0. The van der Waals surface area contributed by atoms with Gasteiger partial charge in [0.15, 0.2) is 0 Å². The van der Waals surface area contributed by atoms with Crippen molar-refractivity contribution >= 4 is 11.8 Å². The second-order valence-corrected chi connectivity index (χ2v) is 7.66. The predicted molar refractivity (Wildman–Crippen MR) is 105 cm³/mol. The maximum atomic E-state index is 13.0. The second-order valence-electron chi connectivity index (χ2n) is 7.66. The Hall–Kier alpha value is -2.62. The van der Waals surface area contributed by atoms with Gasteiger partial charge >= 0.3 is 0 Å². The lowest BCUT2D eigenvalue weighted by Gasteiger charge is -2.36. The van der Waals surface area contributed by atoms with Crippen molar-refractivity contribution in [1.82, 2.24) is 9.80 Å². The third-order valence-corrected chi connectivity index (χ3v) is 5.95. The Labute approximate surface area is 160 Å². The van der Waals surface area contributed by atoms with Crippen LogP contribution in [0.25, 0.3) is 0 Å². The highest BCUT2D eigenvalue weighted by atomic mass is 16.2. The van der Waals surface area contributed by atoms with Gasteiger partial charge in [-0.25, -0.2) is 0 Å². The molecule has 0 N–H and O–H groups in total. The number of carbonyl (C=O) groups is 2. The second kappa shape index (κ2) is 7.55.